The molecule has 0 aromatic heterocycles. The van der Waals surface area contributed by atoms with Gasteiger partial charge in [-0.2, -0.15) is 4.94 Å². The molecule has 0 amide bonds. The van der Waals surface area contributed by atoms with Gasteiger partial charge >= 0.3 is 0 Å². The van der Waals surface area contributed by atoms with Crippen molar-refractivity contribution < 1.29 is 19.3 Å². The highest BCUT2D eigenvalue weighted by molar-refractivity contribution is 5.13. The highest BCUT2D eigenvalue weighted by Gasteiger charge is 2.17. The minimum Gasteiger partial charge on any atom is -0.396 e. The molecule has 0 saturated heterocycles. The first-order chi connectivity index (χ1) is 9.86. The number of benzene rings is 1. The van der Waals surface area contributed by atoms with Crippen LogP contribution in [-0.2, 0) is 16.3 Å². The third-order valence-electron chi connectivity index (χ3n) is 3.26. The van der Waals surface area contributed by atoms with Crippen LogP contribution >= 0.6 is 0 Å². The quantitative estimate of drug-likeness (QED) is 0.738. The summed E-state index contributed by atoms with van der Waals surface area (Å²) in [5, 5.41) is 8.23. The first kappa shape index (κ1) is 17.1. The number of aliphatic hydroxyl groups excluding tert-OH is 1. The number of ether oxygens (including phenoxy) is 1. The van der Waals surface area contributed by atoms with Gasteiger partial charge in [-0.25, -0.2) is 0 Å². The molecule has 2 rings (SSSR count). The molecule has 20 heavy (non-hydrogen) atoms. The van der Waals surface area contributed by atoms with Crippen molar-refractivity contribution in [2.75, 3.05) is 13.2 Å². The Bertz CT molecular complexity index is 309. The Hall–Kier alpha value is -0.970. The highest BCUT2D eigenvalue weighted by atomic mass is 19.3. The van der Waals surface area contributed by atoms with E-state index in [-0.39, 0.29) is 13.2 Å². The van der Waals surface area contributed by atoms with Crippen molar-refractivity contribution in [2.24, 2.45) is 0 Å². The van der Waals surface area contributed by atoms with Crippen molar-refractivity contribution in [1.29, 1.82) is 0 Å². The molecule has 3 nitrogen and oxygen atoms in total. The molecule has 0 bridgehead atoms. The van der Waals surface area contributed by atoms with E-state index in [9.17, 15) is 4.53 Å². The van der Waals surface area contributed by atoms with E-state index >= 15 is 0 Å². The fourth-order valence-corrected chi connectivity index (χ4v) is 1.77. The predicted octanol–water partition coefficient (Wildman–Crippen LogP) is 3.81. The number of rotatable bonds is 8. The molecule has 0 spiro atoms. The largest absolute Gasteiger partial charge is 0.396 e. The molecule has 0 radical (unpaired) electrons. The second-order valence-electron chi connectivity index (χ2n) is 4.95. The topological polar surface area (TPSA) is 38.7 Å². The highest BCUT2D eigenvalue weighted by Crippen LogP contribution is 2.22. The van der Waals surface area contributed by atoms with Gasteiger partial charge in [-0.1, -0.05) is 30.3 Å². The maximum Gasteiger partial charge on any atom is 0.0876 e. The molecule has 1 aliphatic carbocycles. The predicted molar refractivity (Wildman–Crippen MR) is 76.9 cm³/mol. The molecule has 0 heterocycles. The monoisotopic (exact) mass is 284 g/mol. The Morgan fingerprint density at radius 1 is 1.10 bits per heavy atom. The lowest BCUT2D eigenvalue weighted by molar-refractivity contribution is -0.133. The Morgan fingerprint density at radius 2 is 1.85 bits per heavy atom. The van der Waals surface area contributed by atoms with Gasteiger partial charge in [-0.15, -0.1) is 0 Å². The summed E-state index contributed by atoms with van der Waals surface area (Å²) in [6.07, 6.45) is 6.67. The summed E-state index contributed by atoms with van der Waals surface area (Å²) < 4.78 is 16.5. The van der Waals surface area contributed by atoms with Crippen LogP contribution in [0.3, 0.4) is 0 Å². The van der Waals surface area contributed by atoms with E-state index in [0.29, 0.717) is 12.5 Å². The van der Waals surface area contributed by atoms with Crippen molar-refractivity contribution in [3.05, 3.63) is 35.9 Å². The molecule has 1 N–H and O–H groups in total. The fourth-order valence-electron chi connectivity index (χ4n) is 1.77. The van der Waals surface area contributed by atoms with E-state index < -0.39 is 0 Å². The van der Waals surface area contributed by atoms with E-state index in [2.05, 4.69) is 29.2 Å². The van der Waals surface area contributed by atoms with Crippen molar-refractivity contribution in [3.8, 4) is 0 Å². The maximum absolute atomic E-state index is 10.9. The van der Waals surface area contributed by atoms with E-state index in [4.69, 9.17) is 9.84 Å². The molecule has 1 aromatic carbocycles. The minimum atomic E-state index is 0.153. The van der Waals surface area contributed by atoms with Crippen LogP contribution in [0.4, 0.5) is 4.53 Å². The van der Waals surface area contributed by atoms with Gasteiger partial charge in [-0.3, -0.25) is 0 Å². The van der Waals surface area contributed by atoms with Gasteiger partial charge in [0.15, 0.2) is 0 Å². The number of halogens is 1. The molecule has 0 unspecified atom stereocenters. The van der Waals surface area contributed by atoms with Crippen molar-refractivity contribution in [1.82, 2.24) is 0 Å². The average molecular weight is 284 g/mol. The Balaban J connectivity index is 0.000000221. The van der Waals surface area contributed by atoms with E-state index in [1.165, 1.54) is 24.8 Å². The van der Waals surface area contributed by atoms with Crippen LogP contribution in [0.2, 0.25) is 0 Å². The Morgan fingerprint density at radius 3 is 2.40 bits per heavy atom. The molecule has 1 fully saturated rings. The Kier molecular flexibility index (Phi) is 10.1. The van der Waals surface area contributed by atoms with Gasteiger partial charge in [0, 0.05) is 6.61 Å². The summed E-state index contributed by atoms with van der Waals surface area (Å²) in [4.78, 5) is 3.31. The summed E-state index contributed by atoms with van der Waals surface area (Å²) in [6.45, 7) is 1.12. The van der Waals surface area contributed by atoms with Gasteiger partial charge in [0.25, 0.3) is 0 Å². The Labute approximate surface area is 120 Å². The van der Waals surface area contributed by atoms with Crippen LogP contribution in [0.1, 0.15) is 44.1 Å². The second kappa shape index (κ2) is 11.8. The zero-order valence-corrected chi connectivity index (χ0v) is 12.0. The lowest BCUT2D eigenvalue weighted by Gasteiger charge is -2.25. The molecular formula is C16H25FO3. The lowest BCUT2D eigenvalue weighted by Crippen LogP contribution is -2.21. The summed E-state index contributed by atoms with van der Waals surface area (Å²) in [5.74, 6) is 0. The second-order valence-corrected chi connectivity index (χ2v) is 4.95. The van der Waals surface area contributed by atoms with E-state index in [0.717, 1.165) is 19.4 Å². The zero-order valence-electron chi connectivity index (χ0n) is 12.0. The standard InChI is InChI=1S/C11H14O.C5H11FO2/c1-2-5-10(6-3-1)9-12-11-7-4-8-11;6-8-5-3-1-2-4-7/h1-3,5-6,11H,4,7-9H2;7H,1-5H2. The van der Waals surface area contributed by atoms with Crippen LogP contribution in [0.15, 0.2) is 30.3 Å². The number of aliphatic hydroxyl groups is 1. The van der Waals surface area contributed by atoms with Crippen molar-refractivity contribution >= 4 is 0 Å². The molecule has 4 heteroatoms. The number of unbranched alkanes of at least 4 members (excludes halogenated alkanes) is 2. The SMILES string of the molecule is OCCCCCOF.c1ccc(COC2CCC2)cc1. The van der Waals surface area contributed by atoms with E-state index in [1.54, 1.807) is 0 Å². The van der Waals surface area contributed by atoms with Crippen molar-refractivity contribution in [3.63, 3.8) is 0 Å². The van der Waals surface area contributed by atoms with Gasteiger partial charge in [0.05, 0.1) is 19.3 Å². The van der Waals surface area contributed by atoms with E-state index in [1.807, 2.05) is 6.07 Å². The smallest absolute Gasteiger partial charge is 0.0876 e. The molecule has 0 aliphatic heterocycles. The summed E-state index contributed by atoms with van der Waals surface area (Å²) >= 11 is 0. The number of hydrogen-bond acceptors (Lipinski definition) is 3. The summed E-state index contributed by atoms with van der Waals surface area (Å²) in [6, 6.07) is 10.4. The van der Waals surface area contributed by atoms with Crippen LogP contribution in [0.5, 0.6) is 0 Å². The van der Waals surface area contributed by atoms with Crippen LogP contribution < -0.4 is 0 Å². The van der Waals surface area contributed by atoms with Gasteiger partial charge in [0.1, 0.15) is 0 Å². The molecular weight excluding hydrogens is 259 g/mol. The summed E-state index contributed by atoms with van der Waals surface area (Å²) in [7, 11) is 0. The third kappa shape index (κ3) is 8.25. The molecule has 1 aromatic rings. The first-order valence-electron chi connectivity index (χ1n) is 7.36. The first-order valence-corrected chi connectivity index (χ1v) is 7.36. The lowest BCUT2D eigenvalue weighted by atomic mass is 9.96. The van der Waals surface area contributed by atoms with Crippen LogP contribution in [-0.4, -0.2) is 24.4 Å². The van der Waals surface area contributed by atoms with Gasteiger partial charge < -0.3 is 9.84 Å². The summed E-state index contributed by atoms with van der Waals surface area (Å²) in [5.41, 5.74) is 1.28. The van der Waals surface area contributed by atoms with Crippen molar-refractivity contribution in [2.45, 2.75) is 51.2 Å². The molecule has 114 valence electrons. The van der Waals surface area contributed by atoms with Crippen LogP contribution in [0.25, 0.3) is 0 Å². The van der Waals surface area contributed by atoms with Gasteiger partial charge in [0.2, 0.25) is 0 Å². The zero-order chi connectivity index (χ0) is 14.5. The van der Waals surface area contributed by atoms with Crippen LogP contribution in [0, 0.1) is 0 Å². The fraction of sp³-hybridized carbons (Fsp3) is 0.625. The molecule has 1 saturated carbocycles. The maximum atomic E-state index is 10.9. The molecule has 0 atom stereocenters. The number of hydrogen-bond donors (Lipinski definition) is 1. The van der Waals surface area contributed by atoms with Gasteiger partial charge in [-0.05, 0) is 48.6 Å². The molecule has 1 aliphatic rings. The normalized spacial score (nSPS) is 14.3. The minimum absolute atomic E-state index is 0.153. The third-order valence-corrected chi connectivity index (χ3v) is 3.26. The average Bonchev–Trinajstić information content (AvgIpc) is 2.44.